The first-order valence-corrected chi connectivity index (χ1v) is 11.3. The van der Waals surface area contributed by atoms with Crippen LogP contribution in [0.1, 0.15) is 43.0 Å². The van der Waals surface area contributed by atoms with Crippen molar-refractivity contribution < 1.29 is 27.5 Å². The van der Waals surface area contributed by atoms with Gasteiger partial charge in [0, 0.05) is 32.8 Å². The number of unbranched alkanes of at least 4 members (excludes halogenated alkanes) is 1. The molecule has 0 unspecified atom stereocenters. The quantitative estimate of drug-likeness (QED) is 0.562. The molecule has 1 saturated heterocycles. The molecule has 0 aliphatic carbocycles. The summed E-state index contributed by atoms with van der Waals surface area (Å²) >= 11 is 0. The van der Waals surface area contributed by atoms with Gasteiger partial charge in [-0.05, 0) is 37.5 Å². The van der Waals surface area contributed by atoms with E-state index in [4.69, 9.17) is 9.47 Å². The van der Waals surface area contributed by atoms with Gasteiger partial charge in [-0.1, -0.05) is 13.3 Å². The van der Waals surface area contributed by atoms with Crippen molar-refractivity contribution in [1.82, 2.24) is 4.31 Å². The zero-order valence-electron chi connectivity index (χ0n) is 17.1. The van der Waals surface area contributed by atoms with Gasteiger partial charge in [-0.2, -0.15) is 4.31 Å². The molecule has 2 heterocycles. The van der Waals surface area contributed by atoms with E-state index in [1.807, 2.05) is 6.92 Å². The van der Waals surface area contributed by atoms with E-state index < -0.39 is 21.7 Å². The van der Waals surface area contributed by atoms with Crippen molar-refractivity contribution in [2.24, 2.45) is 0 Å². The van der Waals surface area contributed by atoms with Crippen LogP contribution in [0.3, 0.4) is 0 Å². The van der Waals surface area contributed by atoms with E-state index in [1.165, 1.54) is 21.3 Å². The highest BCUT2D eigenvalue weighted by Gasteiger charge is 2.43. The van der Waals surface area contributed by atoms with Gasteiger partial charge < -0.3 is 14.4 Å². The van der Waals surface area contributed by atoms with E-state index in [-0.39, 0.29) is 35.8 Å². The molecule has 1 aromatic rings. The highest BCUT2D eigenvalue weighted by molar-refractivity contribution is 7.89. The molecule has 0 bridgehead atoms. The summed E-state index contributed by atoms with van der Waals surface area (Å²) in [7, 11) is -0.806. The number of hydrogen-bond donors (Lipinski definition) is 0. The summed E-state index contributed by atoms with van der Waals surface area (Å²) in [6, 6.07) is 3.79. The molecule has 0 saturated carbocycles. The maximum Gasteiger partial charge on any atom is 0.299 e. The van der Waals surface area contributed by atoms with Crippen LogP contribution in [0.4, 0.5) is 5.69 Å². The fourth-order valence-corrected chi connectivity index (χ4v) is 6.00. The Bertz CT molecular complexity index is 871. The molecule has 8 nitrogen and oxygen atoms in total. The zero-order valence-corrected chi connectivity index (χ0v) is 17.9. The minimum absolute atomic E-state index is 0.0128. The van der Waals surface area contributed by atoms with Gasteiger partial charge in [0.25, 0.3) is 11.7 Å². The summed E-state index contributed by atoms with van der Waals surface area (Å²) in [6.07, 6.45) is 3.00. The van der Waals surface area contributed by atoms with Crippen LogP contribution >= 0.6 is 0 Å². The molecule has 2 aliphatic rings. The second-order valence-electron chi connectivity index (χ2n) is 7.45. The second kappa shape index (κ2) is 8.91. The molecular formula is C20H28N2O6S. The summed E-state index contributed by atoms with van der Waals surface area (Å²) in [5.74, 6) is -1.25. The van der Waals surface area contributed by atoms with Gasteiger partial charge >= 0.3 is 0 Å². The van der Waals surface area contributed by atoms with Gasteiger partial charge in [-0.15, -0.1) is 0 Å². The zero-order chi connectivity index (χ0) is 21.2. The monoisotopic (exact) mass is 424 g/mol. The van der Waals surface area contributed by atoms with Crippen LogP contribution in [0.25, 0.3) is 0 Å². The number of ether oxygens (including phenoxy) is 2. The van der Waals surface area contributed by atoms with Crippen molar-refractivity contribution in [3.05, 3.63) is 23.8 Å². The average Bonchev–Trinajstić information content (AvgIpc) is 3.20. The Morgan fingerprint density at radius 1 is 1.07 bits per heavy atom. The number of Topliss-reactive ketones (excluding diaryl/α,β-unsaturated/α-hetero) is 1. The number of sulfonamides is 1. The first kappa shape index (κ1) is 21.9. The van der Waals surface area contributed by atoms with Gasteiger partial charge in [0.1, 0.15) is 0 Å². The third-order valence-electron chi connectivity index (χ3n) is 5.52. The maximum absolute atomic E-state index is 13.5. The fourth-order valence-electron chi connectivity index (χ4n) is 4.13. The Hall–Kier alpha value is -1.81. The number of hydrogen-bond acceptors (Lipinski definition) is 6. The van der Waals surface area contributed by atoms with Crippen molar-refractivity contribution in [3.63, 3.8) is 0 Å². The van der Waals surface area contributed by atoms with Gasteiger partial charge in [0.15, 0.2) is 0 Å². The first-order chi connectivity index (χ1) is 13.9. The van der Waals surface area contributed by atoms with Gasteiger partial charge in [-0.3, -0.25) is 9.59 Å². The van der Waals surface area contributed by atoms with E-state index in [9.17, 15) is 18.0 Å². The number of fused-ring (bicyclic) bond motifs is 1. The summed E-state index contributed by atoms with van der Waals surface area (Å²) in [4.78, 5) is 26.3. The molecule has 29 heavy (non-hydrogen) atoms. The lowest BCUT2D eigenvalue weighted by Crippen LogP contribution is -2.44. The van der Waals surface area contributed by atoms with E-state index in [0.29, 0.717) is 25.1 Å². The Kier molecular flexibility index (Phi) is 6.72. The molecule has 0 N–H and O–H groups in total. The Morgan fingerprint density at radius 2 is 1.69 bits per heavy atom. The molecule has 2 atom stereocenters. The molecule has 1 amide bonds. The molecule has 1 aromatic carbocycles. The number of rotatable bonds is 9. The van der Waals surface area contributed by atoms with Crippen LogP contribution in [0.5, 0.6) is 0 Å². The summed E-state index contributed by atoms with van der Waals surface area (Å²) < 4.78 is 38.8. The molecule has 160 valence electrons. The number of amides is 1. The minimum Gasteiger partial charge on any atom is -0.383 e. The van der Waals surface area contributed by atoms with E-state index >= 15 is 0 Å². The lowest BCUT2D eigenvalue weighted by molar-refractivity contribution is -0.114. The molecule has 0 aromatic heterocycles. The SMILES string of the molecule is CCCCN1C(=O)C(=O)c2cc(S(=O)(=O)N3[C@H](COC)CC[C@H]3COC)ccc21. The summed E-state index contributed by atoms with van der Waals surface area (Å²) in [5.41, 5.74) is 0.633. The smallest absolute Gasteiger partial charge is 0.299 e. The average molecular weight is 425 g/mol. The molecule has 3 rings (SSSR count). The number of ketones is 1. The van der Waals surface area contributed by atoms with Crippen molar-refractivity contribution in [2.45, 2.75) is 49.6 Å². The third kappa shape index (κ3) is 3.96. The van der Waals surface area contributed by atoms with E-state index in [2.05, 4.69) is 0 Å². The van der Waals surface area contributed by atoms with Crippen LogP contribution in [0.15, 0.2) is 23.1 Å². The van der Waals surface area contributed by atoms with Gasteiger partial charge in [0.05, 0.1) is 29.4 Å². The number of carbonyl (C=O) groups excluding carboxylic acids is 2. The Labute approximate surface area is 171 Å². The van der Waals surface area contributed by atoms with Crippen molar-refractivity contribution in [2.75, 3.05) is 38.9 Å². The van der Waals surface area contributed by atoms with Gasteiger partial charge in [-0.25, -0.2) is 8.42 Å². The summed E-state index contributed by atoms with van der Waals surface area (Å²) in [6.45, 7) is 3.01. The molecule has 1 fully saturated rings. The second-order valence-corrected chi connectivity index (χ2v) is 9.29. The van der Waals surface area contributed by atoms with Crippen LogP contribution in [-0.4, -0.2) is 70.5 Å². The van der Waals surface area contributed by atoms with Crippen LogP contribution in [0, 0.1) is 0 Å². The topological polar surface area (TPSA) is 93.2 Å². The molecular weight excluding hydrogens is 396 g/mol. The van der Waals surface area contributed by atoms with Crippen LogP contribution in [0.2, 0.25) is 0 Å². The van der Waals surface area contributed by atoms with E-state index in [0.717, 1.165) is 12.8 Å². The highest BCUT2D eigenvalue weighted by atomic mass is 32.2. The van der Waals surface area contributed by atoms with Crippen molar-refractivity contribution in [1.29, 1.82) is 0 Å². The third-order valence-corrected chi connectivity index (χ3v) is 7.53. The van der Waals surface area contributed by atoms with Gasteiger partial charge in [0.2, 0.25) is 10.0 Å². The number of anilines is 1. The molecule has 2 aliphatic heterocycles. The highest BCUT2D eigenvalue weighted by Crippen LogP contribution is 2.35. The number of carbonyl (C=O) groups is 2. The Morgan fingerprint density at radius 3 is 2.24 bits per heavy atom. The van der Waals surface area contributed by atoms with Crippen LogP contribution in [-0.2, 0) is 24.3 Å². The number of nitrogens with zero attached hydrogens (tertiary/aromatic N) is 2. The standard InChI is InChI=1S/C20H28N2O6S/c1-4-5-10-21-18-9-8-16(11-17(18)19(23)20(21)24)29(25,26)22-14(12-27-2)6-7-15(22)13-28-3/h8-9,11,14-15H,4-7,10,12-13H2,1-3H3/t14-,15-/m0/s1. The molecule has 9 heteroatoms. The lowest BCUT2D eigenvalue weighted by Gasteiger charge is -2.29. The Balaban J connectivity index is 1.98. The van der Waals surface area contributed by atoms with Crippen molar-refractivity contribution >= 4 is 27.4 Å². The predicted octanol–water partition coefficient (Wildman–Crippen LogP) is 1.83. The molecule has 0 spiro atoms. The first-order valence-electron chi connectivity index (χ1n) is 9.88. The molecule has 0 radical (unpaired) electrons. The maximum atomic E-state index is 13.5. The van der Waals surface area contributed by atoms with Crippen LogP contribution < -0.4 is 4.90 Å². The number of methoxy groups -OCH3 is 2. The normalized spacial score (nSPS) is 22.5. The lowest BCUT2D eigenvalue weighted by atomic mass is 10.1. The minimum atomic E-state index is -3.89. The predicted molar refractivity (Wildman–Crippen MR) is 108 cm³/mol. The van der Waals surface area contributed by atoms with Crippen molar-refractivity contribution in [3.8, 4) is 0 Å². The number of benzene rings is 1. The van der Waals surface area contributed by atoms with E-state index in [1.54, 1.807) is 20.3 Å². The largest absolute Gasteiger partial charge is 0.383 e. The summed E-state index contributed by atoms with van der Waals surface area (Å²) in [5, 5.41) is 0. The fraction of sp³-hybridized carbons (Fsp3) is 0.600.